The fourth-order valence-corrected chi connectivity index (χ4v) is 2.67. The first-order valence-electron chi connectivity index (χ1n) is 9.72. The number of rotatable bonds is 8. The molecule has 2 aromatic carbocycles. The number of hydrogen-bond acceptors (Lipinski definition) is 4. The fraction of sp³-hybridized carbons (Fsp3) is 0.318. The van der Waals surface area contributed by atoms with E-state index in [-0.39, 0.29) is 0 Å². The lowest BCUT2D eigenvalue weighted by Crippen LogP contribution is -2.39. The Labute approximate surface area is 171 Å². The van der Waals surface area contributed by atoms with Gasteiger partial charge in [0, 0.05) is 7.05 Å². The predicted octanol–water partition coefficient (Wildman–Crippen LogP) is 2.75. The molecule has 0 atom stereocenters. The van der Waals surface area contributed by atoms with Gasteiger partial charge in [0.25, 0.3) is 0 Å². The van der Waals surface area contributed by atoms with Gasteiger partial charge < -0.3 is 19.9 Å². The summed E-state index contributed by atoms with van der Waals surface area (Å²) in [7, 11) is 1.95. The zero-order valence-corrected chi connectivity index (χ0v) is 17.2. The van der Waals surface area contributed by atoms with Crippen molar-refractivity contribution in [1.29, 1.82) is 0 Å². The maximum atomic E-state index is 5.79. The molecule has 3 rings (SSSR count). The molecule has 0 aliphatic rings. The van der Waals surface area contributed by atoms with E-state index in [9.17, 15) is 0 Å². The molecule has 0 aliphatic carbocycles. The third-order valence-corrected chi connectivity index (χ3v) is 4.54. The van der Waals surface area contributed by atoms with Crippen LogP contribution < -0.4 is 15.4 Å². The van der Waals surface area contributed by atoms with E-state index in [0.29, 0.717) is 32.2 Å². The third kappa shape index (κ3) is 6.34. The normalized spacial score (nSPS) is 11.3. The highest BCUT2D eigenvalue weighted by Gasteiger charge is 2.06. The van der Waals surface area contributed by atoms with Gasteiger partial charge in [0.15, 0.2) is 11.8 Å². The second-order valence-electron chi connectivity index (χ2n) is 6.81. The van der Waals surface area contributed by atoms with Crippen molar-refractivity contribution >= 4 is 5.96 Å². The van der Waals surface area contributed by atoms with Gasteiger partial charge in [-0.15, -0.1) is 10.2 Å². The quantitative estimate of drug-likeness (QED) is 0.350. The van der Waals surface area contributed by atoms with Crippen molar-refractivity contribution in [2.75, 3.05) is 13.2 Å². The van der Waals surface area contributed by atoms with Crippen molar-refractivity contribution in [3.8, 4) is 5.75 Å². The zero-order valence-electron chi connectivity index (χ0n) is 17.2. The summed E-state index contributed by atoms with van der Waals surface area (Å²) in [6.45, 7) is 6.29. The van der Waals surface area contributed by atoms with Crippen molar-refractivity contribution < 1.29 is 4.74 Å². The van der Waals surface area contributed by atoms with Gasteiger partial charge in [-0.2, -0.15) is 0 Å². The molecule has 7 nitrogen and oxygen atoms in total. The molecule has 29 heavy (non-hydrogen) atoms. The van der Waals surface area contributed by atoms with Gasteiger partial charge in [-0.05, 0) is 31.5 Å². The summed E-state index contributed by atoms with van der Waals surface area (Å²) in [5, 5.41) is 14.9. The summed E-state index contributed by atoms with van der Waals surface area (Å²) in [6, 6.07) is 18.2. The van der Waals surface area contributed by atoms with Gasteiger partial charge in [-0.3, -0.25) is 0 Å². The molecule has 0 aliphatic heterocycles. The van der Waals surface area contributed by atoms with Crippen molar-refractivity contribution in [2.24, 2.45) is 12.0 Å². The number of benzene rings is 2. The van der Waals surface area contributed by atoms with E-state index >= 15 is 0 Å². The molecule has 0 unspecified atom stereocenters. The lowest BCUT2D eigenvalue weighted by atomic mass is 10.2. The van der Waals surface area contributed by atoms with Crippen LogP contribution in [0.2, 0.25) is 0 Å². The Morgan fingerprint density at radius 1 is 1.00 bits per heavy atom. The molecular formula is C22H28N6O. The van der Waals surface area contributed by atoms with Crippen LogP contribution in [0.3, 0.4) is 0 Å². The Morgan fingerprint density at radius 2 is 1.76 bits per heavy atom. The lowest BCUT2D eigenvalue weighted by Gasteiger charge is -2.13. The van der Waals surface area contributed by atoms with Crippen molar-refractivity contribution in [2.45, 2.75) is 26.9 Å². The van der Waals surface area contributed by atoms with Crippen molar-refractivity contribution in [3.63, 3.8) is 0 Å². The summed E-state index contributed by atoms with van der Waals surface area (Å²) >= 11 is 0. The van der Waals surface area contributed by atoms with E-state index in [2.05, 4.69) is 44.9 Å². The van der Waals surface area contributed by atoms with E-state index in [1.54, 1.807) is 0 Å². The second kappa shape index (κ2) is 10.3. The molecule has 1 aromatic heterocycles. The van der Waals surface area contributed by atoms with Crippen LogP contribution in [-0.4, -0.2) is 33.9 Å². The number of ether oxygens (including phenoxy) is 1. The van der Waals surface area contributed by atoms with Gasteiger partial charge in [-0.1, -0.05) is 48.0 Å². The van der Waals surface area contributed by atoms with Crippen LogP contribution >= 0.6 is 0 Å². The molecule has 0 bridgehead atoms. The number of nitrogens with one attached hydrogen (secondary N) is 2. The molecule has 0 saturated heterocycles. The SMILES string of the molecule is Cc1ccc(OCCNC(=NCc2ccccc2)NCc2nnc(C)n2C)cc1. The van der Waals surface area contributed by atoms with E-state index < -0.39 is 0 Å². The molecule has 152 valence electrons. The Kier molecular flexibility index (Phi) is 7.22. The summed E-state index contributed by atoms with van der Waals surface area (Å²) in [5.41, 5.74) is 2.37. The molecule has 1 heterocycles. The van der Waals surface area contributed by atoms with Gasteiger partial charge in [0.2, 0.25) is 0 Å². The summed E-state index contributed by atoms with van der Waals surface area (Å²) < 4.78 is 7.75. The Morgan fingerprint density at radius 3 is 2.45 bits per heavy atom. The predicted molar refractivity (Wildman–Crippen MR) is 115 cm³/mol. The highest BCUT2D eigenvalue weighted by Crippen LogP contribution is 2.10. The van der Waals surface area contributed by atoms with Crippen molar-refractivity contribution in [1.82, 2.24) is 25.4 Å². The lowest BCUT2D eigenvalue weighted by molar-refractivity contribution is 0.322. The van der Waals surface area contributed by atoms with Gasteiger partial charge in [0.05, 0.1) is 19.6 Å². The van der Waals surface area contributed by atoms with E-state index in [1.165, 1.54) is 5.56 Å². The van der Waals surface area contributed by atoms with Crippen LogP contribution in [0.4, 0.5) is 0 Å². The maximum absolute atomic E-state index is 5.79. The topological polar surface area (TPSA) is 76.4 Å². The van der Waals surface area contributed by atoms with Crippen LogP contribution in [0.15, 0.2) is 59.6 Å². The maximum Gasteiger partial charge on any atom is 0.192 e. The standard InChI is InChI=1S/C22H28N6O/c1-17-9-11-20(12-10-17)29-14-13-23-22(24-15-19-7-5-4-6-8-19)25-16-21-27-26-18(2)28(21)3/h4-12H,13-16H2,1-3H3,(H2,23,24,25). The smallest absolute Gasteiger partial charge is 0.192 e. The fourth-order valence-electron chi connectivity index (χ4n) is 2.67. The van der Waals surface area contributed by atoms with Crippen molar-refractivity contribution in [3.05, 3.63) is 77.4 Å². The summed E-state index contributed by atoms with van der Waals surface area (Å²) in [6.07, 6.45) is 0. The third-order valence-electron chi connectivity index (χ3n) is 4.54. The summed E-state index contributed by atoms with van der Waals surface area (Å²) in [4.78, 5) is 4.68. The van der Waals surface area contributed by atoms with Crippen LogP contribution in [-0.2, 0) is 20.1 Å². The van der Waals surface area contributed by atoms with E-state index in [0.717, 1.165) is 23.0 Å². The Bertz CT molecular complexity index is 918. The molecule has 3 aromatic rings. The number of aryl methyl sites for hydroxylation is 2. The van der Waals surface area contributed by atoms with E-state index in [4.69, 9.17) is 4.74 Å². The van der Waals surface area contributed by atoms with Gasteiger partial charge in [0.1, 0.15) is 18.2 Å². The largest absolute Gasteiger partial charge is 0.492 e. The molecule has 0 amide bonds. The molecule has 0 saturated carbocycles. The number of nitrogens with zero attached hydrogens (tertiary/aromatic N) is 4. The molecule has 7 heteroatoms. The first-order chi connectivity index (χ1) is 14.1. The highest BCUT2D eigenvalue weighted by atomic mass is 16.5. The number of aliphatic imine (C=N–C) groups is 1. The average Bonchev–Trinajstić information content (AvgIpc) is 3.06. The zero-order chi connectivity index (χ0) is 20.5. The number of hydrogen-bond donors (Lipinski definition) is 2. The highest BCUT2D eigenvalue weighted by molar-refractivity contribution is 5.79. The molecule has 0 fully saturated rings. The second-order valence-corrected chi connectivity index (χ2v) is 6.81. The first-order valence-corrected chi connectivity index (χ1v) is 9.72. The summed E-state index contributed by atoms with van der Waals surface area (Å²) in [5.74, 6) is 3.31. The first kappa shape index (κ1) is 20.4. The average molecular weight is 393 g/mol. The molecule has 0 radical (unpaired) electrons. The molecule has 0 spiro atoms. The van der Waals surface area contributed by atoms with Crippen LogP contribution in [0.5, 0.6) is 5.75 Å². The minimum atomic E-state index is 0.538. The number of guanidine groups is 1. The number of aromatic nitrogens is 3. The van der Waals surface area contributed by atoms with Gasteiger partial charge >= 0.3 is 0 Å². The van der Waals surface area contributed by atoms with Crippen LogP contribution in [0.1, 0.15) is 22.8 Å². The minimum absolute atomic E-state index is 0.538. The van der Waals surface area contributed by atoms with Crippen LogP contribution in [0, 0.1) is 13.8 Å². The van der Waals surface area contributed by atoms with Crippen LogP contribution in [0.25, 0.3) is 0 Å². The minimum Gasteiger partial charge on any atom is -0.492 e. The molecule has 2 N–H and O–H groups in total. The van der Waals surface area contributed by atoms with Gasteiger partial charge in [-0.25, -0.2) is 4.99 Å². The molecular weight excluding hydrogens is 364 g/mol. The van der Waals surface area contributed by atoms with E-state index in [1.807, 2.05) is 61.0 Å². The monoisotopic (exact) mass is 392 g/mol. The Balaban J connectivity index is 1.55. The Hall–Kier alpha value is -3.35.